The van der Waals surface area contributed by atoms with Crippen LogP contribution in [0.4, 0.5) is 35.3 Å². The van der Waals surface area contributed by atoms with Gasteiger partial charge in [0.05, 0.1) is 0 Å². The number of piperazine rings is 1. The van der Waals surface area contributed by atoms with Crippen molar-refractivity contribution in [1.29, 1.82) is 0 Å². The zero-order valence-corrected chi connectivity index (χ0v) is 17.0. The molecule has 0 spiro atoms. The quantitative estimate of drug-likeness (QED) is 0.705. The zero-order chi connectivity index (χ0) is 23.2. The first kappa shape index (κ1) is 21.3. The molecule has 4 rings (SSSR count). The molecular formula is C22H20F3N5O2. The summed E-state index contributed by atoms with van der Waals surface area (Å²) in [5, 5.41) is 9.98. The lowest BCUT2D eigenvalue weighted by Gasteiger charge is -2.36. The molecule has 166 valence electrons. The molecule has 0 radical (unpaired) electrons. The summed E-state index contributed by atoms with van der Waals surface area (Å²) in [6.45, 7) is 9.15. The second-order valence-electron chi connectivity index (χ2n) is 7.41. The summed E-state index contributed by atoms with van der Waals surface area (Å²) in [5.74, 6) is -3.02. The normalized spacial score (nSPS) is 16.0. The fourth-order valence-electron chi connectivity index (χ4n) is 3.79. The number of primary amides is 1. The molecule has 3 heterocycles. The predicted octanol–water partition coefficient (Wildman–Crippen LogP) is 3.82. The number of amides is 2. The number of allylic oxidation sites excluding steroid dienone is 1. The molecule has 2 aromatic rings. The van der Waals surface area contributed by atoms with Crippen LogP contribution < -0.4 is 15.5 Å². The standard InChI is InChI=1S/C22H20F3N5O2/c1-12-15-3-4-19(28-5-7-29(8-6-28)22(26)32)27-21(15)30(11-16(12)13(2)31)20-17(24)9-14(23)10-18(20)25/h3-4,9-11,31H,1-2,5-8H2,(H2,26,32). The van der Waals surface area contributed by atoms with Crippen LogP contribution in [0, 0.1) is 17.5 Å². The molecule has 0 bridgehead atoms. The van der Waals surface area contributed by atoms with Crippen molar-refractivity contribution >= 4 is 28.9 Å². The van der Waals surface area contributed by atoms with Crippen LogP contribution in [0.1, 0.15) is 5.56 Å². The lowest BCUT2D eigenvalue weighted by molar-refractivity contribution is 0.204. The minimum Gasteiger partial charge on any atom is -0.508 e. The maximum absolute atomic E-state index is 14.6. The molecule has 0 aliphatic carbocycles. The van der Waals surface area contributed by atoms with Crippen LogP contribution in [0.5, 0.6) is 0 Å². The van der Waals surface area contributed by atoms with E-state index in [1.54, 1.807) is 12.1 Å². The first-order valence-corrected chi connectivity index (χ1v) is 9.71. The van der Waals surface area contributed by atoms with Crippen molar-refractivity contribution in [3.63, 3.8) is 0 Å². The van der Waals surface area contributed by atoms with E-state index in [2.05, 4.69) is 18.1 Å². The van der Waals surface area contributed by atoms with Gasteiger partial charge in [0.2, 0.25) is 0 Å². The number of aliphatic hydroxyl groups is 1. The number of halogens is 3. The first-order chi connectivity index (χ1) is 15.2. The number of carbonyl (C=O) groups is 1. The molecule has 3 N–H and O–H groups in total. The number of aromatic nitrogens is 1. The van der Waals surface area contributed by atoms with Gasteiger partial charge >= 0.3 is 6.03 Å². The molecule has 1 aromatic heterocycles. The summed E-state index contributed by atoms with van der Waals surface area (Å²) in [6.07, 6.45) is 1.26. The van der Waals surface area contributed by atoms with E-state index in [0.29, 0.717) is 55.3 Å². The first-order valence-electron chi connectivity index (χ1n) is 9.71. The number of benzene rings is 1. The number of rotatable bonds is 3. The largest absolute Gasteiger partial charge is 0.508 e. The maximum Gasteiger partial charge on any atom is 0.314 e. The van der Waals surface area contributed by atoms with E-state index >= 15 is 0 Å². The Kier molecular flexibility index (Phi) is 5.29. The molecule has 1 saturated heterocycles. The number of carbonyl (C=O) groups excluding carboxylic acids is 1. The van der Waals surface area contributed by atoms with Gasteiger partial charge in [0, 0.05) is 55.6 Å². The number of hydrogen-bond donors (Lipinski definition) is 2. The van der Waals surface area contributed by atoms with Crippen molar-refractivity contribution in [3.8, 4) is 0 Å². The summed E-state index contributed by atoms with van der Waals surface area (Å²) in [7, 11) is 0. The van der Waals surface area contributed by atoms with Crippen LogP contribution >= 0.6 is 0 Å². The van der Waals surface area contributed by atoms with Crippen molar-refractivity contribution in [3.05, 3.63) is 78.0 Å². The lowest BCUT2D eigenvalue weighted by atomic mass is 9.95. The van der Waals surface area contributed by atoms with E-state index in [0.717, 1.165) is 4.90 Å². The van der Waals surface area contributed by atoms with Crippen molar-refractivity contribution in [2.75, 3.05) is 36.0 Å². The Hall–Kier alpha value is -3.95. The SMILES string of the molecule is C=C(O)C1=CN(c2c(F)cc(F)cc2F)c2nc(N3CCN(C(N)=O)CC3)ccc2C1=C. The number of pyridine rings is 1. The van der Waals surface area contributed by atoms with Crippen LogP contribution in [0.25, 0.3) is 5.57 Å². The van der Waals surface area contributed by atoms with E-state index in [4.69, 9.17) is 5.73 Å². The van der Waals surface area contributed by atoms with Gasteiger partial charge in [-0.15, -0.1) is 0 Å². The van der Waals surface area contributed by atoms with Crippen molar-refractivity contribution in [1.82, 2.24) is 9.88 Å². The Morgan fingerprint density at radius 2 is 1.72 bits per heavy atom. The highest BCUT2D eigenvalue weighted by Gasteiger charge is 2.30. The van der Waals surface area contributed by atoms with Crippen LogP contribution in [0.3, 0.4) is 0 Å². The third-order valence-corrected chi connectivity index (χ3v) is 5.45. The Labute approximate surface area is 182 Å². The summed E-state index contributed by atoms with van der Waals surface area (Å²) in [6, 6.07) is 4.01. The van der Waals surface area contributed by atoms with E-state index in [1.807, 2.05) is 4.90 Å². The van der Waals surface area contributed by atoms with Gasteiger partial charge in [0.1, 0.15) is 28.9 Å². The van der Waals surface area contributed by atoms with Crippen LogP contribution in [0.15, 0.2) is 55.0 Å². The molecule has 32 heavy (non-hydrogen) atoms. The number of fused-ring (bicyclic) bond motifs is 1. The van der Waals surface area contributed by atoms with Crippen molar-refractivity contribution < 1.29 is 23.1 Å². The Morgan fingerprint density at radius 3 is 2.28 bits per heavy atom. The molecule has 1 fully saturated rings. The summed E-state index contributed by atoms with van der Waals surface area (Å²) in [4.78, 5) is 20.5. The highest BCUT2D eigenvalue weighted by molar-refractivity contribution is 5.93. The monoisotopic (exact) mass is 443 g/mol. The topological polar surface area (TPSA) is 85.9 Å². The number of anilines is 3. The third kappa shape index (κ3) is 3.64. The average Bonchev–Trinajstić information content (AvgIpc) is 2.74. The number of aliphatic hydroxyl groups excluding tert-OH is 1. The molecular weight excluding hydrogens is 423 g/mol. The van der Waals surface area contributed by atoms with E-state index in [1.165, 1.54) is 11.1 Å². The number of hydrogen-bond acceptors (Lipinski definition) is 5. The molecule has 1 aromatic carbocycles. The van der Waals surface area contributed by atoms with Gasteiger partial charge in [-0.3, -0.25) is 4.90 Å². The second kappa shape index (κ2) is 7.95. The lowest BCUT2D eigenvalue weighted by Crippen LogP contribution is -2.50. The van der Waals surface area contributed by atoms with Crippen LogP contribution in [0.2, 0.25) is 0 Å². The molecule has 7 nitrogen and oxygen atoms in total. The van der Waals surface area contributed by atoms with E-state index in [-0.39, 0.29) is 17.2 Å². The fraction of sp³-hybridized carbons (Fsp3) is 0.182. The highest BCUT2D eigenvalue weighted by atomic mass is 19.1. The highest BCUT2D eigenvalue weighted by Crippen LogP contribution is 2.43. The number of urea groups is 1. The van der Waals surface area contributed by atoms with E-state index in [9.17, 15) is 23.1 Å². The van der Waals surface area contributed by atoms with Gasteiger partial charge in [-0.2, -0.15) is 0 Å². The smallest absolute Gasteiger partial charge is 0.314 e. The maximum atomic E-state index is 14.6. The molecule has 2 aliphatic rings. The summed E-state index contributed by atoms with van der Waals surface area (Å²) >= 11 is 0. The minimum absolute atomic E-state index is 0.152. The molecule has 0 unspecified atom stereocenters. The zero-order valence-electron chi connectivity index (χ0n) is 17.0. The number of nitrogens with two attached hydrogens (primary N) is 1. The van der Waals surface area contributed by atoms with Gasteiger partial charge in [0.25, 0.3) is 0 Å². The van der Waals surface area contributed by atoms with Gasteiger partial charge in [-0.25, -0.2) is 22.9 Å². The number of nitrogens with zero attached hydrogens (tertiary/aromatic N) is 4. The molecule has 2 amide bonds. The molecule has 2 aliphatic heterocycles. The average molecular weight is 443 g/mol. The molecule has 0 atom stereocenters. The Balaban J connectivity index is 1.80. The van der Waals surface area contributed by atoms with Gasteiger partial charge in [-0.1, -0.05) is 13.2 Å². The van der Waals surface area contributed by atoms with Gasteiger partial charge < -0.3 is 20.6 Å². The van der Waals surface area contributed by atoms with Crippen molar-refractivity contribution in [2.24, 2.45) is 5.73 Å². The van der Waals surface area contributed by atoms with Crippen molar-refractivity contribution in [2.45, 2.75) is 0 Å². The Morgan fingerprint density at radius 1 is 1.09 bits per heavy atom. The minimum atomic E-state index is -1.14. The summed E-state index contributed by atoms with van der Waals surface area (Å²) < 4.78 is 42.8. The van der Waals surface area contributed by atoms with Crippen LogP contribution in [-0.2, 0) is 0 Å². The third-order valence-electron chi connectivity index (χ3n) is 5.45. The second-order valence-corrected chi connectivity index (χ2v) is 7.41. The predicted molar refractivity (Wildman–Crippen MR) is 115 cm³/mol. The van der Waals surface area contributed by atoms with Gasteiger partial charge in [-0.05, 0) is 17.7 Å². The molecule has 0 saturated carbocycles. The fourth-order valence-corrected chi connectivity index (χ4v) is 3.79. The van der Waals surface area contributed by atoms with E-state index < -0.39 is 29.2 Å². The summed E-state index contributed by atoms with van der Waals surface area (Å²) in [5.41, 5.74) is 5.71. The Bertz CT molecular complexity index is 1150. The van der Waals surface area contributed by atoms with Crippen LogP contribution in [-0.4, -0.2) is 47.2 Å². The van der Waals surface area contributed by atoms with Gasteiger partial charge in [0.15, 0.2) is 11.6 Å². The molecule has 10 heteroatoms.